The average Bonchev–Trinajstić information content (AvgIpc) is 2.50. The van der Waals surface area contributed by atoms with E-state index in [1.165, 1.54) is 6.92 Å². The molecule has 22 heavy (non-hydrogen) atoms. The predicted molar refractivity (Wildman–Crippen MR) is 75.7 cm³/mol. The summed E-state index contributed by atoms with van der Waals surface area (Å²) in [6, 6.07) is 7.42. The van der Waals surface area contributed by atoms with E-state index < -0.39 is 30.4 Å². The molecule has 122 valence electrons. The molecule has 0 heterocycles. The standard InChI is InChI=1S/C15H19F2NO4/c1-2-15(16,17)9-8-12(13(19)20)18-14(21)22-10-11-6-4-3-5-7-11/h3-7,12H,2,8-10H2,1H3,(H,18,21)(H,19,20). The molecule has 2 N–H and O–H groups in total. The summed E-state index contributed by atoms with van der Waals surface area (Å²) in [5.41, 5.74) is 0.738. The van der Waals surface area contributed by atoms with Gasteiger partial charge in [0.15, 0.2) is 0 Å². The van der Waals surface area contributed by atoms with E-state index in [1.54, 1.807) is 30.3 Å². The largest absolute Gasteiger partial charge is 0.480 e. The van der Waals surface area contributed by atoms with Crippen LogP contribution in [0, 0.1) is 0 Å². The predicted octanol–water partition coefficient (Wildman–Crippen LogP) is 3.19. The summed E-state index contributed by atoms with van der Waals surface area (Å²) in [6.07, 6.45) is -2.30. The van der Waals surface area contributed by atoms with Crippen LogP contribution in [0.3, 0.4) is 0 Å². The molecule has 0 aromatic heterocycles. The van der Waals surface area contributed by atoms with E-state index in [0.717, 1.165) is 5.56 Å². The molecule has 0 bridgehead atoms. The molecule has 0 spiro atoms. The van der Waals surface area contributed by atoms with Crippen LogP contribution in [0.15, 0.2) is 30.3 Å². The Hall–Kier alpha value is -2.18. The first-order valence-corrected chi connectivity index (χ1v) is 6.92. The summed E-state index contributed by atoms with van der Waals surface area (Å²) in [4.78, 5) is 22.5. The molecule has 1 unspecified atom stereocenters. The maximum Gasteiger partial charge on any atom is 0.408 e. The number of benzene rings is 1. The molecule has 0 aliphatic heterocycles. The molecular formula is C15H19F2NO4. The number of rotatable bonds is 8. The van der Waals surface area contributed by atoms with Crippen molar-refractivity contribution in [2.45, 2.75) is 44.8 Å². The van der Waals surface area contributed by atoms with Gasteiger partial charge in [-0.1, -0.05) is 37.3 Å². The number of carbonyl (C=O) groups is 2. The van der Waals surface area contributed by atoms with Gasteiger partial charge in [-0.2, -0.15) is 0 Å². The van der Waals surface area contributed by atoms with E-state index >= 15 is 0 Å². The molecule has 0 saturated carbocycles. The average molecular weight is 315 g/mol. The zero-order valence-corrected chi connectivity index (χ0v) is 12.2. The fraction of sp³-hybridized carbons (Fsp3) is 0.467. The number of halogens is 2. The van der Waals surface area contributed by atoms with Crippen LogP contribution in [0.1, 0.15) is 31.7 Å². The molecule has 0 saturated heterocycles. The lowest BCUT2D eigenvalue weighted by Gasteiger charge is -2.18. The first-order valence-electron chi connectivity index (χ1n) is 6.92. The maximum atomic E-state index is 13.1. The SMILES string of the molecule is CCC(F)(F)CCC(NC(=O)OCc1ccccc1)C(=O)O. The Morgan fingerprint density at radius 1 is 1.32 bits per heavy atom. The Labute approximate surface area is 127 Å². The van der Waals surface area contributed by atoms with Crippen molar-refractivity contribution >= 4 is 12.1 Å². The van der Waals surface area contributed by atoms with Crippen molar-refractivity contribution in [2.75, 3.05) is 0 Å². The summed E-state index contributed by atoms with van der Waals surface area (Å²) in [5, 5.41) is 11.1. The quantitative estimate of drug-likeness (QED) is 0.772. The summed E-state index contributed by atoms with van der Waals surface area (Å²) in [5.74, 6) is -4.31. The third-order valence-electron chi connectivity index (χ3n) is 3.12. The van der Waals surface area contributed by atoms with E-state index in [9.17, 15) is 18.4 Å². The highest BCUT2D eigenvalue weighted by Crippen LogP contribution is 2.24. The van der Waals surface area contributed by atoms with E-state index in [-0.39, 0.29) is 19.4 Å². The van der Waals surface area contributed by atoms with Crippen molar-refractivity contribution in [1.82, 2.24) is 5.32 Å². The van der Waals surface area contributed by atoms with Crippen molar-refractivity contribution in [3.63, 3.8) is 0 Å². The number of nitrogens with one attached hydrogen (secondary N) is 1. The highest BCUT2D eigenvalue weighted by atomic mass is 19.3. The fourth-order valence-corrected chi connectivity index (χ4v) is 1.70. The van der Waals surface area contributed by atoms with Crippen LogP contribution >= 0.6 is 0 Å². The monoisotopic (exact) mass is 315 g/mol. The number of carboxylic acid groups (broad SMARTS) is 1. The van der Waals surface area contributed by atoms with Gasteiger partial charge in [0.05, 0.1) is 0 Å². The van der Waals surface area contributed by atoms with Crippen LogP contribution in [0.2, 0.25) is 0 Å². The second kappa shape index (κ2) is 8.31. The third kappa shape index (κ3) is 6.51. The minimum absolute atomic E-state index is 0.0237. The number of carbonyl (C=O) groups excluding carboxylic acids is 1. The van der Waals surface area contributed by atoms with Gasteiger partial charge in [-0.25, -0.2) is 18.4 Å². The number of alkyl halides is 2. The number of hydrogen-bond donors (Lipinski definition) is 2. The zero-order valence-electron chi connectivity index (χ0n) is 12.2. The van der Waals surface area contributed by atoms with Gasteiger partial charge < -0.3 is 15.2 Å². The van der Waals surface area contributed by atoms with Crippen LogP contribution in [-0.4, -0.2) is 29.1 Å². The minimum atomic E-state index is -2.94. The highest BCUT2D eigenvalue weighted by Gasteiger charge is 2.30. The summed E-state index contributed by atoms with van der Waals surface area (Å²) in [6.45, 7) is 1.29. The Bertz CT molecular complexity index is 494. The number of ether oxygens (including phenoxy) is 1. The molecule has 1 rings (SSSR count). The van der Waals surface area contributed by atoms with Crippen molar-refractivity contribution in [3.05, 3.63) is 35.9 Å². The molecule has 0 aliphatic rings. The number of aliphatic carboxylic acids is 1. The Kier molecular flexibility index (Phi) is 6.75. The number of amides is 1. The molecule has 0 aliphatic carbocycles. The second-order valence-electron chi connectivity index (χ2n) is 4.85. The molecule has 7 heteroatoms. The van der Waals surface area contributed by atoms with Gasteiger partial charge in [-0.15, -0.1) is 0 Å². The Balaban J connectivity index is 2.45. The minimum Gasteiger partial charge on any atom is -0.480 e. The maximum absolute atomic E-state index is 13.1. The molecule has 1 aromatic carbocycles. The second-order valence-corrected chi connectivity index (χ2v) is 4.85. The van der Waals surface area contributed by atoms with Crippen LogP contribution in [-0.2, 0) is 16.1 Å². The Morgan fingerprint density at radius 3 is 2.50 bits per heavy atom. The molecule has 1 atom stereocenters. The van der Waals surface area contributed by atoms with Gasteiger partial charge in [0.1, 0.15) is 12.6 Å². The fourth-order valence-electron chi connectivity index (χ4n) is 1.70. The van der Waals surface area contributed by atoms with Crippen molar-refractivity contribution in [3.8, 4) is 0 Å². The van der Waals surface area contributed by atoms with Crippen LogP contribution in [0.4, 0.5) is 13.6 Å². The van der Waals surface area contributed by atoms with Crippen LogP contribution < -0.4 is 5.32 Å². The third-order valence-corrected chi connectivity index (χ3v) is 3.12. The molecular weight excluding hydrogens is 296 g/mol. The molecule has 0 fully saturated rings. The van der Waals surface area contributed by atoms with Gasteiger partial charge >= 0.3 is 12.1 Å². The first-order chi connectivity index (χ1) is 10.3. The van der Waals surface area contributed by atoms with E-state index in [4.69, 9.17) is 9.84 Å². The van der Waals surface area contributed by atoms with Crippen molar-refractivity contribution < 1.29 is 28.2 Å². The lowest BCUT2D eigenvalue weighted by molar-refractivity contribution is -0.140. The zero-order chi connectivity index (χ0) is 16.6. The molecule has 5 nitrogen and oxygen atoms in total. The van der Waals surface area contributed by atoms with E-state index in [1.807, 2.05) is 0 Å². The summed E-state index contributed by atoms with van der Waals surface area (Å²) < 4.78 is 31.2. The van der Waals surface area contributed by atoms with Crippen molar-refractivity contribution in [1.29, 1.82) is 0 Å². The van der Waals surface area contributed by atoms with E-state index in [0.29, 0.717) is 0 Å². The van der Waals surface area contributed by atoms with Gasteiger partial charge in [-0.05, 0) is 12.0 Å². The number of alkyl carbamates (subject to hydrolysis) is 1. The summed E-state index contributed by atoms with van der Waals surface area (Å²) >= 11 is 0. The van der Waals surface area contributed by atoms with Gasteiger partial charge in [0.2, 0.25) is 5.92 Å². The first kappa shape index (κ1) is 17.9. The van der Waals surface area contributed by atoms with Gasteiger partial charge in [0.25, 0.3) is 0 Å². The Morgan fingerprint density at radius 2 is 1.95 bits per heavy atom. The lowest BCUT2D eigenvalue weighted by Crippen LogP contribution is -2.41. The van der Waals surface area contributed by atoms with Gasteiger partial charge in [-0.3, -0.25) is 0 Å². The van der Waals surface area contributed by atoms with Crippen LogP contribution in [0.5, 0.6) is 0 Å². The highest BCUT2D eigenvalue weighted by molar-refractivity contribution is 5.79. The smallest absolute Gasteiger partial charge is 0.408 e. The number of carboxylic acids is 1. The van der Waals surface area contributed by atoms with Crippen LogP contribution in [0.25, 0.3) is 0 Å². The van der Waals surface area contributed by atoms with E-state index in [2.05, 4.69) is 5.32 Å². The lowest BCUT2D eigenvalue weighted by atomic mass is 10.1. The summed E-state index contributed by atoms with van der Waals surface area (Å²) in [7, 11) is 0. The molecule has 1 aromatic rings. The molecule has 1 amide bonds. The van der Waals surface area contributed by atoms with Crippen molar-refractivity contribution in [2.24, 2.45) is 0 Å². The normalized spacial score (nSPS) is 12.5. The topological polar surface area (TPSA) is 75.6 Å². The number of hydrogen-bond acceptors (Lipinski definition) is 3. The molecule has 0 radical (unpaired) electrons. The van der Waals surface area contributed by atoms with Gasteiger partial charge in [0, 0.05) is 12.8 Å².